The third-order valence-electron chi connectivity index (χ3n) is 3.58. The first-order valence-electron chi connectivity index (χ1n) is 7.07. The van der Waals surface area contributed by atoms with E-state index in [0.717, 1.165) is 29.1 Å². The van der Waals surface area contributed by atoms with Gasteiger partial charge >= 0.3 is 0 Å². The SMILES string of the molecule is COc1ccc(-c2nccnc2OC)c(CNC2CC2)c1. The van der Waals surface area contributed by atoms with Crippen LogP contribution < -0.4 is 14.8 Å². The van der Waals surface area contributed by atoms with Crippen LogP contribution in [0.3, 0.4) is 0 Å². The van der Waals surface area contributed by atoms with E-state index < -0.39 is 0 Å². The average Bonchev–Trinajstić information content (AvgIpc) is 3.37. The number of hydrogen-bond donors (Lipinski definition) is 1. The summed E-state index contributed by atoms with van der Waals surface area (Å²) in [5.74, 6) is 1.38. The van der Waals surface area contributed by atoms with Crippen molar-refractivity contribution in [3.05, 3.63) is 36.2 Å². The predicted octanol–water partition coefficient (Wildman–Crippen LogP) is 2.41. The Morgan fingerprint density at radius 2 is 1.95 bits per heavy atom. The molecular formula is C16H19N3O2. The highest BCUT2D eigenvalue weighted by molar-refractivity contribution is 5.69. The van der Waals surface area contributed by atoms with Crippen LogP contribution in [0.25, 0.3) is 11.3 Å². The van der Waals surface area contributed by atoms with Gasteiger partial charge < -0.3 is 14.8 Å². The topological polar surface area (TPSA) is 56.3 Å². The lowest BCUT2D eigenvalue weighted by Gasteiger charge is -2.13. The molecule has 0 bridgehead atoms. The first-order valence-corrected chi connectivity index (χ1v) is 7.07. The highest BCUT2D eigenvalue weighted by Gasteiger charge is 2.21. The largest absolute Gasteiger partial charge is 0.497 e. The fourth-order valence-corrected chi connectivity index (χ4v) is 2.28. The van der Waals surface area contributed by atoms with Crippen LogP contribution in [-0.4, -0.2) is 30.2 Å². The minimum Gasteiger partial charge on any atom is -0.497 e. The third-order valence-corrected chi connectivity index (χ3v) is 3.58. The Morgan fingerprint density at radius 3 is 2.67 bits per heavy atom. The Bertz CT molecular complexity index is 627. The maximum Gasteiger partial charge on any atom is 0.240 e. The van der Waals surface area contributed by atoms with Gasteiger partial charge in [-0.05, 0) is 36.6 Å². The smallest absolute Gasteiger partial charge is 0.240 e. The molecule has 1 saturated carbocycles. The van der Waals surface area contributed by atoms with Crippen molar-refractivity contribution in [3.63, 3.8) is 0 Å². The monoisotopic (exact) mass is 285 g/mol. The van der Waals surface area contributed by atoms with Crippen molar-refractivity contribution in [2.24, 2.45) is 0 Å². The van der Waals surface area contributed by atoms with E-state index in [1.54, 1.807) is 26.6 Å². The molecule has 2 aromatic rings. The fraction of sp³-hybridized carbons (Fsp3) is 0.375. The summed E-state index contributed by atoms with van der Waals surface area (Å²) in [7, 11) is 3.29. The van der Waals surface area contributed by atoms with Crippen LogP contribution in [0.15, 0.2) is 30.6 Å². The zero-order valence-electron chi connectivity index (χ0n) is 12.3. The van der Waals surface area contributed by atoms with Crippen molar-refractivity contribution in [1.82, 2.24) is 15.3 Å². The van der Waals surface area contributed by atoms with Gasteiger partial charge in [0, 0.05) is 30.5 Å². The van der Waals surface area contributed by atoms with E-state index >= 15 is 0 Å². The van der Waals surface area contributed by atoms with Gasteiger partial charge in [-0.3, -0.25) is 0 Å². The molecular weight excluding hydrogens is 266 g/mol. The summed E-state index contributed by atoms with van der Waals surface area (Å²) in [6.07, 6.45) is 5.83. The molecule has 0 spiro atoms. The first kappa shape index (κ1) is 13.8. The first-order chi connectivity index (χ1) is 10.3. The Labute approximate surface area is 124 Å². The number of rotatable bonds is 6. The molecule has 1 aliphatic rings. The molecule has 0 saturated heterocycles. The number of nitrogens with zero attached hydrogens (tertiary/aromatic N) is 2. The summed E-state index contributed by atoms with van der Waals surface area (Å²) in [4.78, 5) is 8.65. The van der Waals surface area contributed by atoms with Crippen molar-refractivity contribution in [3.8, 4) is 22.9 Å². The molecule has 0 unspecified atom stereocenters. The molecule has 5 nitrogen and oxygen atoms in total. The van der Waals surface area contributed by atoms with E-state index in [-0.39, 0.29) is 0 Å². The number of aromatic nitrogens is 2. The minimum atomic E-state index is 0.537. The standard InChI is InChI=1S/C16H19N3O2/c1-20-13-5-6-14(11(9-13)10-19-12-3-4-12)15-16(21-2)18-8-7-17-15/h5-9,12,19H,3-4,10H2,1-2H3. The van der Waals surface area contributed by atoms with Crippen molar-refractivity contribution in [2.75, 3.05) is 14.2 Å². The average molecular weight is 285 g/mol. The van der Waals surface area contributed by atoms with Gasteiger partial charge in [0.1, 0.15) is 11.4 Å². The second kappa shape index (κ2) is 6.10. The molecule has 1 aromatic heterocycles. The lowest BCUT2D eigenvalue weighted by molar-refractivity contribution is 0.397. The molecule has 1 aliphatic carbocycles. The van der Waals surface area contributed by atoms with E-state index in [0.29, 0.717) is 11.9 Å². The van der Waals surface area contributed by atoms with Crippen LogP contribution in [0.2, 0.25) is 0 Å². The molecule has 1 heterocycles. The molecule has 110 valence electrons. The highest BCUT2D eigenvalue weighted by Crippen LogP contribution is 2.31. The molecule has 0 atom stereocenters. The van der Waals surface area contributed by atoms with Crippen LogP contribution in [0.1, 0.15) is 18.4 Å². The third kappa shape index (κ3) is 3.13. The normalized spacial score (nSPS) is 14.0. The summed E-state index contributed by atoms with van der Waals surface area (Å²) in [6.45, 7) is 0.789. The summed E-state index contributed by atoms with van der Waals surface area (Å²) >= 11 is 0. The number of benzene rings is 1. The molecule has 21 heavy (non-hydrogen) atoms. The van der Waals surface area contributed by atoms with Crippen LogP contribution in [0.4, 0.5) is 0 Å². The lowest BCUT2D eigenvalue weighted by Crippen LogP contribution is -2.16. The second-order valence-electron chi connectivity index (χ2n) is 5.09. The van der Waals surface area contributed by atoms with Gasteiger partial charge in [-0.15, -0.1) is 0 Å². The van der Waals surface area contributed by atoms with E-state index in [2.05, 4.69) is 15.3 Å². The van der Waals surface area contributed by atoms with Crippen molar-refractivity contribution in [1.29, 1.82) is 0 Å². The zero-order chi connectivity index (χ0) is 14.7. The summed E-state index contributed by atoms with van der Waals surface area (Å²) < 4.78 is 10.7. The Balaban J connectivity index is 1.98. The van der Waals surface area contributed by atoms with Crippen molar-refractivity contribution < 1.29 is 9.47 Å². The Morgan fingerprint density at radius 1 is 1.14 bits per heavy atom. The minimum absolute atomic E-state index is 0.537. The molecule has 5 heteroatoms. The van der Waals surface area contributed by atoms with Gasteiger partial charge in [-0.2, -0.15) is 0 Å². The molecule has 1 fully saturated rings. The van der Waals surface area contributed by atoms with Gasteiger partial charge in [0.05, 0.1) is 14.2 Å². The molecule has 1 N–H and O–H groups in total. The maximum atomic E-state index is 5.33. The Kier molecular flexibility index (Phi) is 4.01. The van der Waals surface area contributed by atoms with Gasteiger partial charge in [0.25, 0.3) is 0 Å². The van der Waals surface area contributed by atoms with Crippen LogP contribution >= 0.6 is 0 Å². The van der Waals surface area contributed by atoms with Crippen LogP contribution in [0.5, 0.6) is 11.6 Å². The summed E-state index contributed by atoms with van der Waals surface area (Å²) in [6, 6.07) is 6.63. The number of ether oxygens (including phenoxy) is 2. The number of methoxy groups -OCH3 is 2. The lowest BCUT2D eigenvalue weighted by atomic mass is 10.0. The van der Waals surface area contributed by atoms with E-state index in [9.17, 15) is 0 Å². The van der Waals surface area contributed by atoms with E-state index in [1.165, 1.54) is 12.8 Å². The zero-order valence-corrected chi connectivity index (χ0v) is 12.3. The van der Waals surface area contributed by atoms with Crippen molar-refractivity contribution in [2.45, 2.75) is 25.4 Å². The molecule has 1 aromatic carbocycles. The van der Waals surface area contributed by atoms with Gasteiger partial charge in [0.15, 0.2) is 0 Å². The molecule has 3 rings (SSSR count). The van der Waals surface area contributed by atoms with E-state index in [4.69, 9.17) is 9.47 Å². The van der Waals surface area contributed by atoms with Gasteiger partial charge in [-0.25, -0.2) is 9.97 Å². The number of hydrogen-bond acceptors (Lipinski definition) is 5. The predicted molar refractivity (Wildman–Crippen MR) is 80.4 cm³/mol. The molecule has 0 amide bonds. The number of nitrogens with one attached hydrogen (secondary N) is 1. The molecule has 0 aliphatic heterocycles. The fourth-order valence-electron chi connectivity index (χ4n) is 2.28. The van der Waals surface area contributed by atoms with Crippen LogP contribution in [0, 0.1) is 0 Å². The Hall–Kier alpha value is -2.14. The highest BCUT2D eigenvalue weighted by atomic mass is 16.5. The second-order valence-corrected chi connectivity index (χ2v) is 5.09. The van der Waals surface area contributed by atoms with Gasteiger partial charge in [-0.1, -0.05) is 0 Å². The maximum absolute atomic E-state index is 5.33. The van der Waals surface area contributed by atoms with Crippen molar-refractivity contribution >= 4 is 0 Å². The van der Waals surface area contributed by atoms with Crippen LogP contribution in [-0.2, 0) is 6.54 Å². The molecule has 0 radical (unpaired) electrons. The summed E-state index contributed by atoms with van der Waals surface area (Å²) in [5.41, 5.74) is 2.92. The van der Waals surface area contributed by atoms with E-state index in [1.807, 2.05) is 18.2 Å². The van der Waals surface area contributed by atoms with Gasteiger partial charge in [0.2, 0.25) is 5.88 Å². The summed E-state index contributed by atoms with van der Waals surface area (Å²) in [5, 5.41) is 3.53. The quantitative estimate of drug-likeness (QED) is 0.883.